The molecule has 2 aliphatic heterocycles. The van der Waals surface area contributed by atoms with Gasteiger partial charge in [0.15, 0.2) is 12.1 Å². The van der Waals surface area contributed by atoms with Crippen molar-refractivity contribution in [3.63, 3.8) is 0 Å². The van der Waals surface area contributed by atoms with E-state index in [9.17, 15) is 9.59 Å². The summed E-state index contributed by atoms with van der Waals surface area (Å²) in [5, 5.41) is 0. The molecule has 0 amide bonds. The van der Waals surface area contributed by atoms with Gasteiger partial charge in [0.05, 0.1) is 19.3 Å². The predicted molar refractivity (Wildman–Crippen MR) is 95.5 cm³/mol. The molecule has 0 aromatic heterocycles. The third-order valence-electron chi connectivity index (χ3n) is 6.24. The van der Waals surface area contributed by atoms with Crippen LogP contribution in [0.1, 0.15) is 60.3 Å². The van der Waals surface area contributed by atoms with Gasteiger partial charge < -0.3 is 23.7 Å². The van der Waals surface area contributed by atoms with Crippen LogP contribution in [0.5, 0.6) is 0 Å². The van der Waals surface area contributed by atoms with Gasteiger partial charge in [0.1, 0.15) is 6.10 Å². The molecule has 1 aliphatic carbocycles. The maximum Gasteiger partial charge on any atom is 0.305 e. The fourth-order valence-corrected chi connectivity index (χ4v) is 4.83. The van der Waals surface area contributed by atoms with Crippen molar-refractivity contribution in [1.82, 2.24) is 0 Å². The molecular weight excluding hydrogens is 352 g/mol. The fourth-order valence-electron chi connectivity index (χ4n) is 4.83. The number of ether oxygens (including phenoxy) is 5. The van der Waals surface area contributed by atoms with Crippen molar-refractivity contribution in [3.8, 4) is 0 Å². The minimum atomic E-state index is -0.643. The molecule has 0 aromatic carbocycles. The van der Waals surface area contributed by atoms with E-state index in [-0.39, 0.29) is 54.3 Å². The van der Waals surface area contributed by atoms with E-state index >= 15 is 0 Å². The first-order chi connectivity index (χ1) is 12.6. The highest BCUT2D eigenvalue weighted by Gasteiger charge is 2.60. The van der Waals surface area contributed by atoms with Gasteiger partial charge in [0, 0.05) is 25.2 Å². The molecule has 2 saturated heterocycles. The van der Waals surface area contributed by atoms with Crippen molar-refractivity contribution in [2.75, 3.05) is 13.2 Å². The standard InChI is InChI=1S/C20H32O7/c1-6-23-15(22)8-10-20(5)9-7-13-16(14(20)11-24-12(2)21)25-18-17(13)26-19(3,4)27-18/h13-14,16-18H,6-11H2,1-5H3/t13-,14-,16+,17-,18-,20+/m1/s1. The number of rotatable bonds is 6. The van der Waals surface area contributed by atoms with Crippen LogP contribution in [0.15, 0.2) is 0 Å². The first-order valence-electron chi connectivity index (χ1n) is 9.95. The van der Waals surface area contributed by atoms with Crippen LogP contribution >= 0.6 is 0 Å². The van der Waals surface area contributed by atoms with Gasteiger partial charge in [-0.05, 0) is 45.4 Å². The second-order valence-corrected chi connectivity index (χ2v) is 8.64. The number of hydrogen-bond donors (Lipinski definition) is 0. The average molecular weight is 384 g/mol. The van der Waals surface area contributed by atoms with Crippen LogP contribution in [0.3, 0.4) is 0 Å². The average Bonchev–Trinajstić information content (AvgIpc) is 3.03. The molecule has 3 rings (SSSR count). The lowest BCUT2D eigenvalue weighted by Gasteiger charge is -2.47. The maximum atomic E-state index is 11.9. The summed E-state index contributed by atoms with van der Waals surface area (Å²) in [6.07, 6.45) is 2.27. The lowest BCUT2D eigenvalue weighted by Crippen LogP contribution is -2.48. The van der Waals surface area contributed by atoms with Gasteiger partial charge in [-0.15, -0.1) is 0 Å². The summed E-state index contributed by atoms with van der Waals surface area (Å²) in [5.74, 6) is -0.957. The summed E-state index contributed by atoms with van der Waals surface area (Å²) < 4.78 is 28.7. The van der Waals surface area contributed by atoms with Gasteiger partial charge in [0.25, 0.3) is 0 Å². The lowest BCUT2D eigenvalue weighted by atomic mass is 9.61. The van der Waals surface area contributed by atoms with E-state index in [2.05, 4.69) is 6.92 Å². The molecule has 0 N–H and O–H groups in total. The normalized spacial score (nSPS) is 39.5. The topological polar surface area (TPSA) is 80.3 Å². The molecule has 7 nitrogen and oxygen atoms in total. The van der Waals surface area contributed by atoms with Crippen molar-refractivity contribution >= 4 is 11.9 Å². The second-order valence-electron chi connectivity index (χ2n) is 8.64. The molecule has 0 spiro atoms. The molecule has 2 heterocycles. The smallest absolute Gasteiger partial charge is 0.305 e. The van der Waals surface area contributed by atoms with E-state index < -0.39 is 5.79 Å². The largest absolute Gasteiger partial charge is 0.466 e. The molecule has 154 valence electrons. The Labute approximate surface area is 161 Å². The minimum Gasteiger partial charge on any atom is -0.466 e. The lowest BCUT2D eigenvalue weighted by molar-refractivity contribution is -0.229. The van der Waals surface area contributed by atoms with Crippen molar-refractivity contribution in [2.45, 2.75) is 84.6 Å². The van der Waals surface area contributed by atoms with E-state index in [1.807, 2.05) is 13.8 Å². The summed E-state index contributed by atoms with van der Waals surface area (Å²) in [6.45, 7) is 9.82. The molecule has 3 aliphatic rings. The van der Waals surface area contributed by atoms with Crippen LogP contribution in [0, 0.1) is 17.3 Å². The van der Waals surface area contributed by atoms with E-state index in [1.165, 1.54) is 6.92 Å². The Morgan fingerprint density at radius 2 is 1.85 bits per heavy atom. The molecule has 0 unspecified atom stereocenters. The highest BCUT2D eigenvalue weighted by Crippen LogP contribution is 2.54. The van der Waals surface area contributed by atoms with Crippen molar-refractivity contribution in [1.29, 1.82) is 0 Å². The van der Waals surface area contributed by atoms with Crippen LogP contribution in [0.25, 0.3) is 0 Å². The van der Waals surface area contributed by atoms with E-state index in [0.29, 0.717) is 19.4 Å². The summed E-state index contributed by atoms with van der Waals surface area (Å²) in [7, 11) is 0. The van der Waals surface area contributed by atoms with Gasteiger partial charge in [-0.25, -0.2) is 0 Å². The minimum absolute atomic E-state index is 0.0181. The third-order valence-corrected chi connectivity index (χ3v) is 6.24. The zero-order valence-electron chi connectivity index (χ0n) is 17.0. The molecule has 0 bridgehead atoms. The highest BCUT2D eigenvalue weighted by atomic mass is 16.8. The zero-order valence-corrected chi connectivity index (χ0v) is 17.0. The first kappa shape index (κ1) is 20.6. The number of carbonyl (C=O) groups is 2. The molecule has 6 atom stereocenters. The Bertz CT molecular complexity index is 575. The molecule has 27 heavy (non-hydrogen) atoms. The van der Waals surface area contributed by atoms with E-state index in [4.69, 9.17) is 23.7 Å². The van der Waals surface area contributed by atoms with Gasteiger partial charge >= 0.3 is 11.9 Å². The van der Waals surface area contributed by atoms with Crippen molar-refractivity contribution in [2.24, 2.45) is 17.3 Å². The van der Waals surface area contributed by atoms with Crippen molar-refractivity contribution in [3.05, 3.63) is 0 Å². The number of fused-ring (bicyclic) bond motifs is 3. The van der Waals surface area contributed by atoms with Crippen LogP contribution < -0.4 is 0 Å². The highest BCUT2D eigenvalue weighted by molar-refractivity contribution is 5.69. The quantitative estimate of drug-likeness (QED) is 0.651. The number of carbonyl (C=O) groups excluding carboxylic acids is 2. The Balaban J connectivity index is 1.74. The van der Waals surface area contributed by atoms with Crippen molar-refractivity contribution < 1.29 is 33.3 Å². The van der Waals surface area contributed by atoms with Gasteiger partial charge in [-0.1, -0.05) is 6.92 Å². The van der Waals surface area contributed by atoms with E-state index in [1.54, 1.807) is 6.92 Å². The number of hydrogen-bond acceptors (Lipinski definition) is 7. The summed E-state index contributed by atoms with van der Waals surface area (Å²) in [5.41, 5.74) is -0.183. The Morgan fingerprint density at radius 3 is 2.52 bits per heavy atom. The zero-order chi connectivity index (χ0) is 19.8. The Morgan fingerprint density at radius 1 is 1.11 bits per heavy atom. The van der Waals surface area contributed by atoms with Crippen LogP contribution in [-0.2, 0) is 33.3 Å². The summed E-state index contributed by atoms with van der Waals surface area (Å²) in [6, 6.07) is 0. The molecule has 7 heteroatoms. The third kappa shape index (κ3) is 4.30. The maximum absolute atomic E-state index is 11.9. The van der Waals surface area contributed by atoms with Gasteiger partial charge in [-0.2, -0.15) is 0 Å². The van der Waals surface area contributed by atoms with Crippen LogP contribution in [-0.4, -0.2) is 49.4 Å². The summed E-state index contributed by atoms with van der Waals surface area (Å²) >= 11 is 0. The first-order valence-corrected chi connectivity index (χ1v) is 9.95. The fraction of sp³-hybridized carbons (Fsp3) is 0.900. The predicted octanol–water partition coefficient (Wildman–Crippen LogP) is 2.80. The number of esters is 2. The second kappa shape index (κ2) is 7.68. The van der Waals surface area contributed by atoms with Crippen LogP contribution in [0.2, 0.25) is 0 Å². The Hall–Kier alpha value is -1.18. The van der Waals surface area contributed by atoms with Gasteiger partial charge in [-0.3, -0.25) is 9.59 Å². The molecule has 0 radical (unpaired) electrons. The molecular formula is C20H32O7. The molecule has 1 saturated carbocycles. The van der Waals surface area contributed by atoms with Crippen LogP contribution in [0.4, 0.5) is 0 Å². The monoisotopic (exact) mass is 384 g/mol. The van der Waals surface area contributed by atoms with E-state index in [0.717, 1.165) is 12.8 Å². The van der Waals surface area contributed by atoms with Gasteiger partial charge in [0.2, 0.25) is 0 Å². The Kier molecular flexibility index (Phi) is 5.85. The SMILES string of the molecule is CCOC(=O)CC[C@]1(C)CC[C@H]2[C@H]3OC(C)(C)O[C@H]3O[C@@H]2[C@H]1COC(C)=O. The summed E-state index contributed by atoms with van der Waals surface area (Å²) in [4.78, 5) is 23.3. The molecule has 0 aromatic rings. The molecule has 3 fully saturated rings.